The van der Waals surface area contributed by atoms with Crippen LogP contribution in [-0.2, 0) is 10.0 Å². The van der Waals surface area contributed by atoms with E-state index in [0.29, 0.717) is 32.5 Å². The Labute approximate surface area is 173 Å². The Hall–Kier alpha value is -2.54. The molecule has 5 nitrogen and oxygen atoms in total. The number of anilines is 2. The summed E-state index contributed by atoms with van der Waals surface area (Å²) in [4.78, 5) is 12.5. The van der Waals surface area contributed by atoms with Crippen molar-refractivity contribution >= 4 is 50.5 Å². The molecule has 0 heterocycles. The third-order valence-electron chi connectivity index (χ3n) is 3.96. The molecule has 2 N–H and O–H groups in total. The Morgan fingerprint density at radius 3 is 2.00 bits per heavy atom. The van der Waals surface area contributed by atoms with Crippen LogP contribution in [0, 0.1) is 6.92 Å². The van der Waals surface area contributed by atoms with Gasteiger partial charge in [0.05, 0.1) is 10.6 Å². The number of aryl methyl sites for hydroxylation is 1. The molecular formula is C20H16Cl2N2O3S. The fraction of sp³-hybridized carbons (Fsp3) is 0.0500. The fourth-order valence-electron chi connectivity index (χ4n) is 2.47. The maximum atomic E-state index is 12.5. The van der Waals surface area contributed by atoms with E-state index in [4.69, 9.17) is 23.2 Å². The number of hydrogen-bond donors (Lipinski definition) is 2. The van der Waals surface area contributed by atoms with E-state index < -0.39 is 10.0 Å². The molecule has 0 bridgehead atoms. The van der Waals surface area contributed by atoms with Crippen molar-refractivity contribution in [1.82, 2.24) is 0 Å². The molecule has 28 heavy (non-hydrogen) atoms. The van der Waals surface area contributed by atoms with Crippen molar-refractivity contribution in [2.75, 3.05) is 10.0 Å². The maximum Gasteiger partial charge on any atom is 0.261 e. The molecule has 0 fully saturated rings. The standard InChI is InChI=1S/C20H16Cl2N2O3S/c1-13-12-14(20(25)23-17-7-3-15(21)4-8-17)2-11-19(13)24-28(26,27)18-9-5-16(22)6-10-18/h2-12,24H,1H3,(H,23,25). The lowest BCUT2D eigenvalue weighted by Gasteiger charge is -2.12. The minimum Gasteiger partial charge on any atom is -0.322 e. The summed E-state index contributed by atoms with van der Waals surface area (Å²) in [5.41, 5.74) is 2.01. The lowest BCUT2D eigenvalue weighted by Crippen LogP contribution is -2.15. The molecule has 144 valence electrons. The van der Waals surface area contributed by atoms with E-state index in [9.17, 15) is 13.2 Å². The van der Waals surface area contributed by atoms with Gasteiger partial charge in [0.15, 0.2) is 0 Å². The summed E-state index contributed by atoms with van der Waals surface area (Å²) in [6.07, 6.45) is 0. The highest BCUT2D eigenvalue weighted by Crippen LogP contribution is 2.23. The van der Waals surface area contributed by atoms with Gasteiger partial charge < -0.3 is 5.32 Å². The van der Waals surface area contributed by atoms with E-state index >= 15 is 0 Å². The average molecular weight is 435 g/mol. The summed E-state index contributed by atoms with van der Waals surface area (Å²) in [6, 6.07) is 17.3. The van der Waals surface area contributed by atoms with Crippen molar-refractivity contribution in [3.63, 3.8) is 0 Å². The van der Waals surface area contributed by atoms with Crippen molar-refractivity contribution in [2.24, 2.45) is 0 Å². The van der Waals surface area contributed by atoms with Crippen molar-refractivity contribution < 1.29 is 13.2 Å². The van der Waals surface area contributed by atoms with Crippen LogP contribution in [-0.4, -0.2) is 14.3 Å². The summed E-state index contributed by atoms with van der Waals surface area (Å²) in [7, 11) is -3.76. The molecule has 0 aromatic heterocycles. The topological polar surface area (TPSA) is 75.3 Å². The Bertz CT molecular complexity index is 1110. The zero-order valence-corrected chi connectivity index (χ0v) is 17.1. The quantitative estimate of drug-likeness (QED) is 0.567. The Kier molecular flexibility index (Phi) is 5.93. The van der Waals surface area contributed by atoms with Gasteiger partial charge in [0.25, 0.3) is 15.9 Å². The van der Waals surface area contributed by atoms with E-state index in [1.165, 1.54) is 24.3 Å². The Morgan fingerprint density at radius 2 is 1.43 bits per heavy atom. The third kappa shape index (κ3) is 4.84. The highest BCUT2D eigenvalue weighted by atomic mass is 35.5. The number of sulfonamides is 1. The van der Waals surface area contributed by atoms with Gasteiger partial charge in [-0.15, -0.1) is 0 Å². The van der Waals surface area contributed by atoms with E-state index in [1.54, 1.807) is 49.4 Å². The van der Waals surface area contributed by atoms with Gasteiger partial charge in [0, 0.05) is 21.3 Å². The highest BCUT2D eigenvalue weighted by Gasteiger charge is 2.16. The van der Waals surface area contributed by atoms with Crippen molar-refractivity contribution in [3.8, 4) is 0 Å². The van der Waals surface area contributed by atoms with Gasteiger partial charge in [-0.3, -0.25) is 9.52 Å². The average Bonchev–Trinajstić information content (AvgIpc) is 2.65. The van der Waals surface area contributed by atoms with Gasteiger partial charge in [-0.05, 0) is 79.2 Å². The van der Waals surface area contributed by atoms with Crippen LogP contribution in [0.4, 0.5) is 11.4 Å². The van der Waals surface area contributed by atoms with Crippen molar-refractivity contribution in [3.05, 3.63) is 87.9 Å². The summed E-state index contributed by atoms with van der Waals surface area (Å²) in [5, 5.41) is 3.79. The first-order valence-corrected chi connectivity index (χ1v) is 10.4. The van der Waals surface area contributed by atoms with E-state index in [1.807, 2.05) is 0 Å². The number of hydrogen-bond acceptors (Lipinski definition) is 3. The second-order valence-electron chi connectivity index (χ2n) is 6.05. The molecule has 0 atom stereocenters. The van der Waals surface area contributed by atoms with E-state index in [2.05, 4.69) is 10.0 Å². The maximum absolute atomic E-state index is 12.5. The first-order valence-electron chi connectivity index (χ1n) is 8.20. The monoisotopic (exact) mass is 434 g/mol. The van der Waals surface area contributed by atoms with Crippen LogP contribution in [0.15, 0.2) is 71.6 Å². The van der Waals surface area contributed by atoms with Gasteiger partial charge in [0.1, 0.15) is 0 Å². The predicted octanol–water partition coefficient (Wildman–Crippen LogP) is 5.35. The summed E-state index contributed by atoms with van der Waals surface area (Å²) in [5.74, 6) is -0.308. The molecule has 0 saturated heterocycles. The molecule has 3 aromatic carbocycles. The van der Waals surface area contributed by atoms with Crippen LogP contribution in [0.3, 0.4) is 0 Å². The summed E-state index contributed by atoms with van der Waals surface area (Å²) >= 11 is 11.6. The second kappa shape index (κ2) is 8.22. The minimum atomic E-state index is -3.76. The number of nitrogens with one attached hydrogen (secondary N) is 2. The molecular weight excluding hydrogens is 419 g/mol. The molecule has 1 amide bonds. The van der Waals surface area contributed by atoms with Crippen LogP contribution in [0.25, 0.3) is 0 Å². The zero-order chi connectivity index (χ0) is 20.3. The summed E-state index contributed by atoms with van der Waals surface area (Å²) in [6.45, 7) is 1.72. The van der Waals surface area contributed by atoms with E-state index in [-0.39, 0.29) is 10.8 Å². The molecule has 0 aliphatic heterocycles. The number of halogens is 2. The van der Waals surface area contributed by atoms with Gasteiger partial charge in [-0.25, -0.2) is 8.42 Å². The zero-order valence-electron chi connectivity index (χ0n) is 14.7. The first-order chi connectivity index (χ1) is 13.2. The number of carbonyl (C=O) groups is 1. The van der Waals surface area contributed by atoms with E-state index in [0.717, 1.165) is 0 Å². The third-order valence-corrected chi connectivity index (χ3v) is 5.84. The fourth-order valence-corrected chi connectivity index (χ4v) is 3.86. The molecule has 0 radical (unpaired) electrons. The van der Waals surface area contributed by atoms with Gasteiger partial charge in [-0.2, -0.15) is 0 Å². The van der Waals surface area contributed by atoms with Crippen LogP contribution in [0.2, 0.25) is 10.0 Å². The Balaban J connectivity index is 1.77. The number of benzene rings is 3. The van der Waals surface area contributed by atoms with Crippen LogP contribution in [0.1, 0.15) is 15.9 Å². The first kappa shape index (κ1) is 20.2. The predicted molar refractivity (Wildman–Crippen MR) is 113 cm³/mol. The smallest absolute Gasteiger partial charge is 0.261 e. The van der Waals surface area contributed by atoms with Crippen molar-refractivity contribution in [2.45, 2.75) is 11.8 Å². The molecule has 0 saturated carbocycles. The highest BCUT2D eigenvalue weighted by molar-refractivity contribution is 7.92. The SMILES string of the molecule is Cc1cc(C(=O)Nc2ccc(Cl)cc2)ccc1NS(=O)(=O)c1ccc(Cl)cc1. The Morgan fingerprint density at radius 1 is 0.857 bits per heavy atom. The molecule has 0 spiro atoms. The largest absolute Gasteiger partial charge is 0.322 e. The summed E-state index contributed by atoms with van der Waals surface area (Å²) < 4.78 is 27.5. The number of rotatable bonds is 5. The normalized spacial score (nSPS) is 11.1. The molecule has 3 rings (SSSR count). The van der Waals surface area contributed by atoms with Crippen LogP contribution >= 0.6 is 23.2 Å². The van der Waals surface area contributed by atoms with Gasteiger partial charge >= 0.3 is 0 Å². The van der Waals surface area contributed by atoms with Gasteiger partial charge in [-0.1, -0.05) is 23.2 Å². The molecule has 0 aliphatic carbocycles. The second-order valence-corrected chi connectivity index (χ2v) is 8.61. The van der Waals surface area contributed by atoms with Gasteiger partial charge in [0.2, 0.25) is 0 Å². The lowest BCUT2D eigenvalue weighted by molar-refractivity contribution is 0.102. The molecule has 0 aliphatic rings. The van der Waals surface area contributed by atoms with Crippen molar-refractivity contribution in [1.29, 1.82) is 0 Å². The molecule has 0 unspecified atom stereocenters. The number of carbonyl (C=O) groups excluding carboxylic acids is 1. The lowest BCUT2D eigenvalue weighted by atomic mass is 10.1. The molecule has 8 heteroatoms. The van der Waals surface area contributed by atoms with Crippen LogP contribution in [0.5, 0.6) is 0 Å². The molecule has 3 aromatic rings. The number of amides is 1. The minimum absolute atomic E-state index is 0.0980. The van der Waals surface area contributed by atoms with Crippen LogP contribution < -0.4 is 10.0 Å².